The molecule has 0 radical (unpaired) electrons. The first-order chi connectivity index (χ1) is 14.8. The standard InChI is InChI=1S/C23H37F3N4O/c1-5-27-22(28-13-11-18(3)20-7-9-21(31-4)10-8-20)30-14-12-19(16-30)15-29(6-2)17-23(24,25)26/h7-10,18-19H,5-6,11-17H2,1-4H3,(H,27,28). The number of alkyl halides is 3. The second-order valence-electron chi connectivity index (χ2n) is 8.24. The number of methoxy groups -OCH3 is 1. The maximum Gasteiger partial charge on any atom is 0.401 e. The van der Waals surface area contributed by atoms with Gasteiger partial charge in [0.25, 0.3) is 0 Å². The second kappa shape index (κ2) is 12.2. The highest BCUT2D eigenvalue weighted by Gasteiger charge is 2.33. The summed E-state index contributed by atoms with van der Waals surface area (Å²) in [7, 11) is 1.66. The van der Waals surface area contributed by atoms with E-state index in [4.69, 9.17) is 9.73 Å². The molecule has 1 aliphatic rings. The van der Waals surface area contributed by atoms with Crippen molar-refractivity contribution >= 4 is 5.96 Å². The fourth-order valence-corrected chi connectivity index (χ4v) is 3.99. The van der Waals surface area contributed by atoms with Gasteiger partial charge in [0.1, 0.15) is 5.75 Å². The molecular weight excluding hydrogens is 405 g/mol. The van der Waals surface area contributed by atoms with Crippen molar-refractivity contribution in [1.29, 1.82) is 0 Å². The fraction of sp³-hybridized carbons (Fsp3) is 0.696. The number of aliphatic imine (C=N–C) groups is 1. The molecule has 0 bridgehead atoms. The third kappa shape index (κ3) is 8.59. The molecule has 1 N–H and O–H groups in total. The smallest absolute Gasteiger partial charge is 0.401 e. The number of nitrogens with zero attached hydrogens (tertiary/aromatic N) is 3. The molecule has 2 atom stereocenters. The van der Waals surface area contributed by atoms with Crippen LogP contribution in [0.2, 0.25) is 0 Å². The number of guanidine groups is 1. The van der Waals surface area contributed by atoms with E-state index in [1.54, 1.807) is 14.0 Å². The Hall–Kier alpha value is -1.96. The number of hydrogen-bond acceptors (Lipinski definition) is 3. The van der Waals surface area contributed by atoms with Gasteiger partial charge in [-0.05, 0) is 55.8 Å². The zero-order chi connectivity index (χ0) is 22.9. The van der Waals surface area contributed by atoms with E-state index in [1.165, 1.54) is 10.5 Å². The van der Waals surface area contributed by atoms with Crippen LogP contribution in [0, 0.1) is 5.92 Å². The van der Waals surface area contributed by atoms with Gasteiger partial charge >= 0.3 is 6.18 Å². The molecule has 1 fully saturated rings. The average molecular weight is 443 g/mol. The minimum atomic E-state index is -4.15. The summed E-state index contributed by atoms with van der Waals surface area (Å²) >= 11 is 0. The van der Waals surface area contributed by atoms with Crippen LogP contribution in [0.4, 0.5) is 13.2 Å². The van der Waals surface area contributed by atoms with Crippen LogP contribution in [0.3, 0.4) is 0 Å². The Morgan fingerprint density at radius 1 is 1.29 bits per heavy atom. The van der Waals surface area contributed by atoms with E-state index in [9.17, 15) is 13.2 Å². The van der Waals surface area contributed by atoms with Gasteiger partial charge in [0.15, 0.2) is 5.96 Å². The van der Waals surface area contributed by atoms with Gasteiger partial charge in [-0.3, -0.25) is 9.89 Å². The lowest BCUT2D eigenvalue weighted by Crippen LogP contribution is -2.42. The van der Waals surface area contributed by atoms with Crippen molar-refractivity contribution in [3.05, 3.63) is 29.8 Å². The zero-order valence-electron chi connectivity index (χ0n) is 19.2. The van der Waals surface area contributed by atoms with Crippen molar-refractivity contribution in [3.63, 3.8) is 0 Å². The lowest BCUT2D eigenvalue weighted by atomic mass is 9.98. The van der Waals surface area contributed by atoms with Gasteiger partial charge in [0.2, 0.25) is 0 Å². The number of likely N-dealkylation sites (tertiary alicyclic amines) is 1. The normalized spacial score (nSPS) is 18.5. The molecule has 0 aliphatic carbocycles. The molecule has 0 amide bonds. The predicted octanol–water partition coefficient (Wildman–Crippen LogP) is 4.36. The van der Waals surface area contributed by atoms with E-state index in [2.05, 4.69) is 29.3 Å². The highest BCUT2D eigenvalue weighted by molar-refractivity contribution is 5.80. The highest BCUT2D eigenvalue weighted by atomic mass is 19.4. The minimum absolute atomic E-state index is 0.226. The molecule has 2 unspecified atom stereocenters. The third-order valence-electron chi connectivity index (χ3n) is 5.80. The van der Waals surface area contributed by atoms with Gasteiger partial charge in [0, 0.05) is 32.7 Å². The van der Waals surface area contributed by atoms with Gasteiger partial charge in [-0.15, -0.1) is 0 Å². The minimum Gasteiger partial charge on any atom is -0.497 e. The maximum absolute atomic E-state index is 12.7. The van der Waals surface area contributed by atoms with Gasteiger partial charge in [-0.1, -0.05) is 26.0 Å². The zero-order valence-corrected chi connectivity index (χ0v) is 19.2. The van der Waals surface area contributed by atoms with Crippen LogP contribution < -0.4 is 10.1 Å². The van der Waals surface area contributed by atoms with Crippen LogP contribution in [0.1, 0.15) is 45.1 Å². The van der Waals surface area contributed by atoms with Crippen molar-refractivity contribution in [2.45, 2.75) is 45.7 Å². The molecule has 1 aliphatic heterocycles. The summed E-state index contributed by atoms with van der Waals surface area (Å²) in [4.78, 5) is 8.48. The van der Waals surface area contributed by atoms with Crippen molar-refractivity contribution in [2.75, 3.05) is 52.9 Å². The SMILES string of the molecule is CCNC(=NCCC(C)c1ccc(OC)cc1)N1CCC(CN(CC)CC(F)(F)F)C1. The molecule has 0 saturated carbocycles. The Morgan fingerprint density at radius 2 is 2.00 bits per heavy atom. The number of nitrogens with one attached hydrogen (secondary N) is 1. The maximum atomic E-state index is 12.7. The molecule has 31 heavy (non-hydrogen) atoms. The molecule has 2 rings (SSSR count). The largest absolute Gasteiger partial charge is 0.497 e. The van der Waals surface area contributed by atoms with Gasteiger partial charge in [-0.25, -0.2) is 0 Å². The summed E-state index contributed by atoms with van der Waals surface area (Å²) < 4.78 is 43.5. The summed E-state index contributed by atoms with van der Waals surface area (Å²) in [6.07, 6.45) is -2.33. The molecule has 176 valence electrons. The van der Waals surface area contributed by atoms with Crippen LogP contribution in [0.15, 0.2) is 29.3 Å². The molecule has 1 aromatic carbocycles. The first-order valence-electron chi connectivity index (χ1n) is 11.2. The topological polar surface area (TPSA) is 40.1 Å². The van der Waals surface area contributed by atoms with Crippen molar-refractivity contribution in [2.24, 2.45) is 10.9 Å². The first-order valence-corrected chi connectivity index (χ1v) is 11.2. The molecule has 0 aromatic heterocycles. The number of hydrogen-bond donors (Lipinski definition) is 1. The molecular formula is C23H37F3N4O. The molecule has 0 spiro atoms. The average Bonchev–Trinajstić information content (AvgIpc) is 3.20. The first kappa shape index (κ1) is 25.3. The quantitative estimate of drug-likeness (QED) is 0.432. The van der Waals surface area contributed by atoms with Crippen molar-refractivity contribution in [3.8, 4) is 5.75 Å². The van der Waals surface area contributed by atoms with Crippen LogP contribution in [0.5, 0.6) is 5.75 Å². The van der Waals surface area contributed by atoms with E-state index < -0.39 is 12.7 Å². The second-order valence-corrected chi connectivity index (χ2v) is 8.24. The molecule has 5 nitrogen and oxygen atoms in total. The van der Waals surface area contributed by atoms with Crippen molar-refractivity contribution < 1.29 is 17.9 Å². The van der Waals surface area contributed by atoms with E-state index in [1.807, 2.05) is 19.1 Å². The number of ether oxygens (including phenoxy) is 1. The number of benzene rings is 1. The monoisotopic (exact) mass is 442 g/mol. The summed E-state index contributed by atoms with van der Waals surface area (Å²) in [5.41, 5.74) is 1.26. The molecule has 8 heteroatoms. The Bertz CT molecular complexity index is 678. The predicted molar refractivity (Wildman–Crippen MR) is 120 cm³/mol. The van der Waals surface area contributed by atoms with Crippen LogP contribution in [-0.2, 0) is 0 Å². The van der Waals surface area contributed by atoms with E-state index in [-0.39, 0.29) is 5.92 Å². The Labute approximate surface area is 184 Å². The van der Waals surface area contributed by atoms with E-state index >= 15 is 0 Å². The Balaban J connectivity index is 1.88. The summed E-state index contributed by atoms with van der Waals surface area (Å²) in [5, 5.41) is 3.35. The summed E-state index contributed by atoms with van der Waals surface area (Å²) in [6.45, 7) is 9.10. The van der Waals surface area contributed by atoms with Crippen molar-refractivity contribution in [1.82, 2.24) is 15.1 Å². The van der Waals surface area contributed by atoms with Gasteiger partial charge in [-0.2, -0.15) is 13.2 Å². The van der Waals surface area contributed by atoms with E-state index in [0.29, 0.717) is 25.6 Å². The molecule has 1 aromatic rings. The third-order valence-corrected chi connectivity index (χ3v) is 5.80. The van der Waals surface area contributed by atoms with Crippen LogP contribution >= 0.6 is 0 Å². The lowest BCUT2D eigenvalue weighted by Gasteiger charge is -2.26. The molecule has 1 saturated heterocycles. The molecule has 1 heterocycles. The Kier molecular flexibility index (Phi) is 9.93. The van der Waals surface area contributed by atoms with Crippen LogP contribution in [0.25, 0.3) is 0 Å². The van der Waals surface area contributed by atoms with Crippen LogP contribution in [-0.4, -0.2) is 74.9 Å². The Morgan fingerprint density at radius 3 is 2.58 bits per heavy atom. The summed E-state index contributed by atoms with van der Waals surface area (Å²) in [5.74, 6) is 2.32. The lowest BCUT2D eigenvalue weighted by molar-refractivity contribution is -0.146. The van der Waals surface area contributed by atoms with E-state index in [0.717, 1.165) is 44.2 Å². The van der Waals surface area contributed by atoms with Gasteiger partial charge < -0.3 is 15.0 Å². The van der Waals surface area contributed by atoms with Gasteiger partial charge in [0.05, 0.1) is 13.7 Å². The number of halogens is 3. The summed E-state index contributed by atoms with van der Waals surface area (Å²) in [6, 6.07) is 8.12. The number of rotatable bonds is 10. The highest BCUT2D eigenvalue weighted by Crippen LogP contribution is 2.23. The fourth-order valence-electron chi connectivity index (χ4n) is 3.99.